The topological polar surface area (TPSA) is 83.4 Å². The van der Waals surface area contributed by atoms with Gasteiger partial charge in [-0.15, -0.1) is 0 Å². The number of hydrogen-bond acceptors (Lipinski definition) is 4. The monoisotopic (exact) mass is 325 g/mol. The number of carboxylic acids is 1. The van der Waals surface area contributed by atoms with Gasteiger partial charge in [-0.1, -0.05) is 23.8 Å². The van der Waals surface area contributed by atoms with Gasteiger partial charge in [0.2, 0.25) is 0 Å². The molecule has 0 bridgehead atoms. The molecule has 0 aliphatic carbocycles. The Kier molecular flexibility index (Phi) is 4.29. The molecule has 0 radical (unpaired) electrons. The van der Waals surface area contributed by atoms with Crippen molar-refractivity contribution in [3.8, 4) is 0 Å². The Morgan fingerprint density at radius 1 is 1.17 bits per heavy atom. The molecule has 2 heterocycles. The van der Waals surface area contributed by atoms with E-state index in [1.165, 1.54) is 11.8 Å². The fourth-order valence-electron chi connectivity index (χ4n) is 3.15. The van der Waals surface area contributed by atoms with Crippen LogP contribution in [-0.2, 0) is 0 Å². The summed E-state index contributed by atoms with van der Waals surface area (Å²) in [7, 11) is 0. The first kappa shape index (κ1) is 16.1. The van der Waals surface area contributed by atoms with Crippen molar-refractivity contribution >= 4 is 11.9 Å². The summed E-state index contributed by atoms with van der Waals surface area (Å²) in [5.41, 5.74) is 3.50. The van der Waals surface area contributed by atoms with Crippen LogP contribution < -0.4 is 0 Å². The van der Waals surface area contributed by atoms with Crippen molar-refractivity contribution in [3.63, 3.8) is 0 Å². The van der Waals surface area contributed by atoms with E-state index in [-0.39, 0.29) is 23.3 Å². The number of likely N-dealkylation sites (tertiary alicyclic amines) is 1. The predicted octanol–water partition coefficient (Wildman–Crippen LogP) is 2.77. The summed E-state index contributed by atoms with van der Waals surface area (Å²) in [4.78, 5) is 33.2. The number of carboxylic acid groups (broad SMARTS) is 1. The second-order valence-corrected chi connectivity index (χ2v) is 6.11. The van der Waals surface area contributed by atoms with Crippen LogP contribution in [0.15, 0.2) is 30.6 Å². The molecular formula is C18H19N3O3. The second kappa shape index (κ2) is 6.39. The lowest BCUT2D eigenvalue weighted by atomic mass is 9.97. The van der Waals surface area contributed by atoms with Crippen LogP contribution in [0, 0.1) is 13.8 Å². The Hall–Kier alpha value is -2.76. The molecular weight excluding hydrogens is 306 g/mol. The van der Waals surface area contributed by atoms with Gasteiger partial charge in [-0.05, 0) is 37.8 Å². The number of rotatable bonds is 3. The summed E-state index contributed by atoms with van der Waals surface area (Å²) in [6, 6.07) is 6.30. The highest BCUT2D eigenvalue weighted by Crippen LogP contribution is 2.35. The highest BCUT2D eigenvalue weighted by atomic mass is 16.4. The molecule has 2 aromatic rings. The van der Waals surface area contributed by atoms with Gasteiger partial charge in [-0.25, -0.2) is 14.8 Å². The number of aromatic carboxylic acids is 1. The van der Waals surface area contributed by atoms with E-state index in [1.807, 2.05) is 11.8 Å². The second-order valence-electron chi connectivity index (χ2n) is 6.11. The largest absolute Gasteiger partial charge is 0.476 e. The van der Waals surface area contributed by atoms with Crippen LogP contribution in [0.2, 0.25) is 0 Å². The van der Waals surface area contributed by atoms with Gasteiger partial charge in [-0.2, -0.15) is 0 Å². The molecule has 6 heteroatoms. The van der Waals surface area contributed by atoms with Crippen LogP contribution in [0.25, 0.3) is 0 Å². The summed E-state index contributed by atoms with van der Waals surface area (Å²) in [6.07, 6.45) is 4.21. The van der Waals surface area contributed by atoms with Crippen molar-refractivity contribution in [3.05, 3.63) is 58.7 Å². The van der Waals surface area contributed by atoms with Crippen LogP contribution in [0.5, 0.6) is 0 Å². The summed E-state index contributed by atoms with van der Waals surface area (Å²) in [6.45, 7) is 4.76. The standard InChI is InChI=1S/C18H19N3O3/c1-11-5-6-12(2)13(8-11)16-4-3-7-21(16)17(22)14-9-20-15(10-19-14)18(23)24/h5-6,8-10,16H,3-4,7H2,1-2H3,(H,23,24). The highest BCUT2D eigenvalue weighted by molar-refractivity contribution is 5.93. The van der Waals surface area contributed by atoms with E-state index in [0.29, 0.717) is 6.54 Å². The van der Waals surface area contributed by atoms with Crippen LogP contribution in [0.1, 0.15) is 56.6 Å². The third-order valence-electron chi connectivity index (χ3n) is 4.40. The normalized spacial score (nSPS) is 17.1. The van der Waals surface area contributed by atoms with Gasteiger partial charge in [0.15, 0.2) is 5.69 Å². The molecule has 1 fully saturated rings. The van der Waals surface area contributed by atoms with E-state index in [0.717, 1.165) is 30.2 Å². The molecule has 1 aromatic heterocycles. The van der Waals surface area contributed by atoms with Crippen LogP contribution >= 0.6 is 0 Å². The average Bonchev–Trinajstić information content (AvgIpc) is 3.06. The number of aryl methyl sites for hydroxylation is 2. The quantitative estimate of drug-likeness (QED) is 0.938. The number of amides is 1. The minimum absolute atomic E-state index is 0.0263. The van der Waals surface area contributed by atoms with Gasteiger partial charge in [-0.3, -0.25) is 4.79 Å². The van der Waals surface area contributed by atoms with E-state index < -0.39 is 5.97 Å². The fourth-order valence-corrected chi connectivity index (χ4v) is 3.15. The highest BCUT2D eigenvalue weighted by Gasteiger charge is 2.32. The number of carbonyl (C=O) groups is 2. The molecule has 1 atom stereocenters. The van der Waals surface area contributed by atoms with Crippen LogP contribution in [0.3, 0.4) is 0 Å². The first-order valence-electron chi connectivity index (χ1n) is 7.91. The van der Waals surface area contributed by atoms with Gasteiger partial charge >= 0.3 is 5.97 Å². The third-order valence-corrected chi connectivity index (χ3v) is 4.40. The van der Waals surface area contributed by atoms with Gasteiger partial charge in [0.25, 0.3) is 5.91 Å². The lowest BCUT2D eigenvalue weighted by Gasteiger charge is -2.26. The molecule has 24 heavy (non-hydrogen) atoms. The van der Waals surface area contributed by atoms with Crippen molar-refractivity contribution in [2.75, 3.05) is 6.54 Å². The van der Waals surface area contributed by atoms with Crippen molar-refractivity contribution < 1.29 is 14.7 Å². The molecule has 1 unspecified atom stereocenters. The molecule has 1 aliphatic heterocycles. The first-order valence-corrected chi connectivity index (χ1v) is 7.91. The summed E-state index contributed by atoms with van der Waals surface area (Å²) >= 11 is 0. The van der Waals surface area contributed by atoms with Gasteiger partial charge in [0.05, 0.1) is 18.4 Å². The van der Waals surface area contributed by atoms with Crippen molar-refractivity contribution in [2.24, 2.45) is 0 Å². The third kappa shape index (κ3) is 2.99. The number of benzene rings is 1. The Morgan fingerprint density at radius 2 is 1.88 bits per heavy atom. The molecule has 0 spiro atoms. The van der Waals surface area contributed by atoms with E-state index in [9.17, 15) is 9.59 Å². The van der Waals surface area contributed by atoms with Gasteiger partial charge < -0.3 is 10.0 Å². The molecule has 3 rings (SSSR count). The number of nitrogens with zero attached hydrogens (tertiary/aromatic N) is 3. The molecule has 6 nitrogen and oxygen atoms in total. The van der Waals surface area contributed by atoms with Crippen molar-refractivity contribution in [1.29, 1.82) is 0 Å². The molecule has 1 saturated heterocycles. The number of carbonyl (C=O) groups excluding carboxylic acids is 1. The minimum atomic E-state index is -1.16. The SMILES string of the molecule is Cc1ccc(C)c(C2CCCN2C(=O)c2cnc(C(=O)O)cn2)c1. The summed E-state index contributed by atoms with van der Waals surface area (Å²) in [5, 5.41) is 8.88. The summed E-state index contributed by atoms with van der Waals surface area (Å²) < 4.78 is 0. The molecule has 1 aliphatic rings. The lowest BCUT2D eigenvalue weighted by molar-refractivity contribution is 0.0683. The maximum Gasteiger partial charge on any atom is 0.356 e. The zero-order valence-corrected chi connectivity index (χ0v) is 13.7. The molecule has 0 saturated carbocycles. The van der Waals surface area contributed by atoms with Gasteiger partial charge in [0, 0.05) is 6.54 Å². The molecule has 1 aromatic carbocycles. The fraction of sp³-hybridized carbons (Fsp3) is 0.333. The van der Waals surface area contributed by atoms with Crippen LogP contribution in [0.4, 0.5) is 0 Å². The predicted molar refractivity (Wildman–Crippen MR) is 87.9 cm³/mol. The first-order chi connectivity index (χ1) is 11.5. The van der Waals surface area contributed by atoms with E-state index in [1.54, 1.807) is 0 Å². The lowest BCUT2D eigenvalue weighted by Crippen LogP contribution is -2.31. The van der Waals surface area contributed by atoms with E-state index >= 15 is 0 Å². The van der Waals surface area contributed by atoms with Gasteiger partial charge in [0.1, 0.15) is 5.69 Å². The Balaban J connectivity index is 1.88. The number of aromatic nitrogens is 2. The molecule has 124 valence electrons. The average molecular weight is 325 g/mol. The van der Waals surface area contributed by atoms with Crippen LogP contribution in [-0.4, -0.2) is 38.4 Å². The smallest absolute Gasteiger partial charge is 0.356 e. The van der Waals surface area contributed by atoms with Crippen molar-refractivity contribution in [1.82, 2.24) is 14.9 Å². The molecule has 1 N–H and O–H groups in total. The molecule has 1 amide bonds. The van der Waals surface area contributed by atoms with E-state index in [4.69, 9.17) is 5.11 Å². The Labute approximate surface area is 140 Å². The maximum absolute atomic E-state index is 12.8. The maximum atomic E-state index is 12.8. The summed E-state index contributed by atoms with van der Waals surface area (Å²) in [5.74, 6) is -1.36. The Bertz CT molecular complexity index is 787. The zero-order chi connectivity index (χ0) is 17.3. The van der Waals surface area contributed by atoms with Crippen molar-refractivity contribution in [2.45, 2.75) is 32.7 Å². The minimum Gasteiger partial charge on any atom is -0.476 e. The van der Waals surface area contributed by atoms with E-state index in [2.05, 4.69) is 35.1 Å². The Morgan fingerprint density at radius 3 is 2.54 bits per heavy atom. The zero-order valence-electron chi connectivity index (χ0n) is 13.7. The number of hydrogen-bond donors (Lipinski definition) is 1.